The molecular weight excluding hydrogens is 410 g/mol. The Bertz CT molecular complexity index is 1140. The first-order valence-electron chi connectivity index (χ1n) is 8.94. The minimum atomic E-state index is -3.98. The Morgan fingerprint density at radius 1 is 1.10 bits per heavy atom. The van der Waals surface area contributed by atoms with Gasteiger partial charge in [0.25, 0.3) is 5.89 Å². The minimum Gasteiger partial charge on any atom is -0.454 e. The molecule has 3 rings (SSSR count). The number of hydrogen-bond acceptors (Lipinski definition) is 8. The average molecular weight is 429 g/mol. The van der Waals surface area contributed by atoms with Gasteiger partial charge in [-0.05, 0) is 26.0 Å². The lowest BCUT2D eigenvalue weighted by atomic mass is 10.2. The molecule has 0 aliphatic heterocycles. The molecule has 3 aromatic rings. The summed E-state index contributed by atoms with van der Waals surface area (Å²) >= 11 is 0. The number of hydrogen-bond donors (Lipinski definition) is 1. The van der Waals surface area contributed by atoms with Gasteiger partial charge < -0.3 is 9.26 Å². The van der Waals surface area contributed by atoms with Crippen molar-refractivity contribution in [1.29, 1.82) is 0 Å². The van der Waals surface area contributed by atoms with E-state index < -0.39 is 22.0 Å². The molecule has 0 spiro atoms. The van der Waals surface area contributed by atoms with Crippen LogP contribution in [0.1, 0.15) is 30.1 Å². The van der Waals surface area contributed by atoms with Gasteiger partial charge in [0.05, 0.1) is 4.90 Å². The Morgan fingerprint density at radius 2 is 1.77 bits per heavy atom. The predicted octanol–water partition coefficient (Wildman–Crippen LogP) is 2.35. The molecule has 1 atom stereocenters. The van der Waals surface area contributed by atoms with Gasteiger partial charge in [-0.2, -0.15) is 9.71 Å². The maximum Gasteiger partial charge on any atom is 0.324 e. The zero-order valence-corrected chi connectivity index (χ0v) is 17.0. The van der Waals surface area contributed by atoms with E-state index >= 15 is 0 Å². The second kappa shape index (κ2) is 8.97. The van der Waals surface area contributed by atoms with Crippen molar-refractivity contribution >= 4 is 21.8 Å². The van der Waals surface area contributed by atoms with Crippen molar-refractivity contribution in [1.82, 2.24) is 14.9 Å². The standard InChI is InChI=1S/C20H19N3O6S/c1-13(23-30(26,27)17-10-8-15(9-11-17)14(2)24)20(25)28-12-18-21-19(22-29-18)16-6-4-3-5-7-16/h3-11,13,23H,12H2,1-2H3/t13-/m0/s1. The fourth-order valence-corrected chi connectivity index (χ4v) is 3.69. The molecule has 1 N–H and O–H groups in total. The third-order valence-electron chi connectivity index (χ3n) is 4.09. The van der Waals surface area contributed by atoms with E-state index in [9.17, 15) is 18.0 Å². The second-order valence-corrected chi connectivity index (χ2v) is 8.12. The lowest BCUT2D eigenvalue weighted by molar-refractivity contribution is -0.147. The van der Waals surface area contributed by atoms with E-state index in [0.717, 1.165) is 5.56 Å². The van der Waals surface area contributed by atoms with Crippen LogP contribution in [0.4, 0.5) is 0 Å². The minimum absolute atomic E-state index is 0.0726. The molecule has 30 heavy (non-hydrogen) atoms. The molecule has 0 saturated carbocycles. The Balaban J connectivity index is 1.58. The summed E-state index contributed by atoms with van der Waals surface area (Å²) in [5.41, 5.74) is 1.13. The van der Waals surface area contributed by atoms with Crippen LogP contribution in [0.25, 0.3) is 11.4 Å². The van der Waals surface area contributed by atoms with Crippen LogP contribution in [0, 0.1) is 0 Å². The first kappa shape index (κ1) is 21.3. The molecule has 9 nitrogen and oxygen atoms in total. The van der Waals surface area contributed by atoms with E-state index in [2.05, 4.69) is 14.9 Å². The third-order valence-corrected chi connectivity index (χ3v) is 5.65. The number of rotatable bonds is 8. The topological polar surface area (TPSA) is 128 Å². The molecule has 0 unspecified atom stereocenters. The number of esters is 1. The molecule has 1 heterocycles. The summed E-state index contributed by atoms with van der Waals surface area (Å²) in [6.45, 7) is 2.44. The summed E-state index contributed by atoms with van der Waals surface area (Å²) in [7, 11) is -3.98. The van der Waals surface area contributed by atoms with Gasteiger partial charge in [0.2, 0.25) is 15.8 Å². The maximum atomic E-state index is 12.4. The van der Waals surface area contributed by atoms with Gasteiger partial charge in [-0.3, -0.25) is 9.59 Å². The van der Waals surface area contributed by atoms with E-state index in [1.54, 1.807) is 12.1 Å². The van der Waals surface area contributed by atoms with Crippen LogP contribution in [0.5, 0.6) is 0 Å². The lowest BCUT2D eigenvalue weighted by Crippen LogP contribution is -2.39. The van der Waals surface area contributed by atoms with Gasteiger partial charge in [-0.25, -0.2) is 8.42 Å². The highest BCUT2D eigenvalue weighted by Crippen LogP contribution is 2.15. The smallest absolute Gasteiger partial charge is 0.324 e. The number of ketones is 1. The van der Waals surface area contributed by atoms with Crippen molar-refractivity contribution in [2.75, 3.05) is 0 Å². The van der Waals surface area contributed by atoms with Crippen molar-refractivity contribution in [3.8, 4) is 11.4 Å². The number of nitrogens with zero attached hydrogens (tertiary/aromatic N) is 2. The Hall–Kier alpha value is -3.37. The number of ether oxygens (including phenoxy) is 1. The number of aromatic nitrogens is 2. The Morgan fingerprint density at radius 3 is 2.40 bits per heavy atom. The molecule has 0 aliphatic carbocycles. The average Bonchev–Trinajstić information content (AvgIpc) is 3.21. The molecular formula is C20H19N3O6S. The largest absolute Gasteiger partial charge is 0.454 e. The van der Waals surface area contributed by atoms with E-state index in [4.69, 9.17) is 9.26 Å². The van der Waals surface area contributed by atoms with Crippen molar-refractivity contribution in [2.24, 2.45) is 0 Å². The van der Waals surface area contributed by atoms with Crippen LogP contribution in [0.2, 0.25) is 0 Å². The van der Waals surface area contributed by atoms with Crippen LogP contribution in [-0.4, -0.2) is 36.4 Å². The van der Waals surface area contributed by atoms with E-state index in [1.807, 2.05) is 18.2 Å². The molecule has 2 aromatic carbocycles. The number of Topliss-reactive ketones (excluding diaryl/α,β-unsaturated/α-hetero) is 1. The van der Waals surface area contributed by atoms with Crippen molar-refractivity contribution in [3.05, 3.63) is 66.1 Å². The summed E-state index contributed by atoms with van der Waals surface area (Å²) < 4.78 is 37.2. The molecule has 156 valence electrons. The molecule has 0 fully saturated rings. The van der Waals surface area contributed by atoms with Crippen LogP contribution < -0.4 is 4.72 Å². The van der Waals surface area contributed by atoms with E-state index in [0.29, 0.717) is 11.4 Å². The molecule has 0 bridgehead atoms. The van der Waals surface area contributed by atoms with Crippen LogP contribution >= 0.6 is 0 Å². The SMILES string of the molecule is CC(=O)c1ccc(S(=O)(=O)N[C@@H](C)C(=O)OCc2nc(-c3ccccc3)no2)cc1. The monoisotopic (exact) mass is 429 g/mol. The summed E-state index contributed by atoms with van der Waals surface area (Å²) in [6.07, 6.45) is 0. The number of sulfonamides is 1. The first-order chi connectivity index (χ1) is 14.3. The molecule has 0 amide bonds. The summed E-state index contributed by atoms with van der Waals surface area (Å²) in [4.78, 5) is 27.5. The molecule has 1 aromatic heterocycles. The summed E-state index contributed by atoms with van der Waals surface area (Å²) in [5.74, 6) is -0.555. The van der Waals surface area contributed by atoms with Crippen LogP contribution in [-0.2, 0) is 26.2 Å². The number of carbonyl (C=O) groups excluding carboxylic acids is 2. The Labute approximate surface area is 173 Å². The van der Waals surface area contributed by atoms with Crippen LogP contribution in [0.3, 0.4) is 0 Å². The Kier molecular flexibility index (Phi) is 6.38. The van der Waals surface area contributed by atoms with Crippen molar-refractivity contribution in [2.45, 2.75) is 31.4 Å². The zero-order chi connectivity index (χ0) is 21.7. The van der Waals surface area contributed by atoms with Gasteiger partial charge in [-0.15, -0.1) is 0 Å². The number of nitrogens with one attached hydrogen (secondary N) is 1. The van der Waals surface area contributed by atoms with Gasteiger partial charge in [-0.1, -0.05) is 47.6 Å². The normalized spacial score (nSPS) is 12.3. The first-order valence-corrected chi connectivity index (χ1v) is 10.4. The molecule has 0 aliphatic rings. The highest BCUT2D eigenvalue weighted by atomic mass is 32.2. The highest BCUT2D eigenvalue weighted by Gasteiger charge is 2.24. The lowest BCUT2D eigenvalue weighted by Gasteiger charge is -2.13. The third kappa shape index (κ3) is 5.16. The predicted molar refractivity (Wildman–Crippen MR) is 106 cm³/mol. The van der Waals surface area contributed by atoms with Crippen molar-refractivity contribution < 1.29 is 27.3 Å². The van der Waals surface area contributed by atoms with Crippen molar-refractivity contribution in [3.63, 3.8) is 0 Å². The number of benzene rings is 2. The van der Waals surface area contributed by atoms with E-state index in [1.165, 1.54) is 38.1 Å². The fraction of sp³-hybridized carbons (Fsp3) is 0.200. The highest BCUT2D eigenvalue weighted by molar-refractivity contribution is 7.89. The number of carbonyl (C=O) groups is 2. The zero-order valence-electron chi connectivity index (χ0n) is 16.2. The van der Waals surface area contributed by atoms with Crippen LogP contribution in [0.15, 0.2) is 64.0 Å². The molecule has 0 saturated heterocycles. The molecule has 0 radical (unpaired) electrons. The summed E-state index contributed by atoms with van der Waals surface area (Å²) in [5, 5.41) is 3.81. The summed E-state index contributed by atoms with van der Waals surface area (Å²) in [6, 6.07) is 13.4. The van der Waals surface area contributed by atoms with Gasteiger partial charge >= 0.3 is 5.97 Å². The van der Waals surface area contributed by atoms with Gasteiger partial charge in [0.15, 0.2) is 12.4 Å². The van der Waals surface area contributed by atoms with Gasteiger partial charge in [0, 0.05) is 11.1 Å². The van der Waals surface area contributed by atoms with Gasteiger partial charge in [0.1, 0.15) is 6.04 Å². The molecule has 10 heteroatoms. The maximum absolute atomic E-state index is 12.4. The quantitative estimate of drug-likeness (QED) is 0.427. The fourth-order valence-electron chi connectivity index (χ4n) is 2.49. The van der Waals surface area contributed by atoms with E-state index in [-0.39, 0.29) is 23.2 Å². The second-order valence-electron chi connectivity index (χ2n) is 6.41.